The highest BCUT2D eigenvalue weighted by Crippen LogP contribution is 2.31. The van der Waals surface area contributed by atoms with Gasteiger partial charge in [-0.25, -0.2) is 4.98 Å². The van der Waals surface area contributed by atoms with Crippen LogP contribution in [0.4, 0.5) is 0 Å². The van der Waals surface area contributed by atoms with Gasteiger partial charge in [-0.05, 0) is 31.2 Å². The Hall–Kier alpha value is -2.66. The predicted octanol–water partition coefficient (Wildman–Crippen LogP) is 3.41. The predicted molar refractivity (Wildman–Crippen MR) is 94.3 cm³/mol. The number of nitrogens with one attached hydrogen (secondary N) is 1. The molecule has 1 heterocycles. The molecule has 5 nitrogen and oxygen atoms in total. The highest BCUT2D eigenvalue weighted by Gasteiger charge is 2.18. The van der Waals surface area contributed by atoms with Crippen molar-refractivity contribution in [3.05, 3.63) is 54.1 Å². The summed E-state index contributed by atoms with van der Waals surface area (Å²) in [5, 5.41) is 3.40. The van der Waals surface area contributed by atoms with Crippen LogP contribution in [-0.2, 0) is 4.79 Å². The van der Waals surface area contributed by atoms with Crippen LogP contribution in [0.15, 0.2) is 52.9 Å². The first-order valence-corrected chi connectivity index (χ1v) is 8.15. The fourth-order valence-corrected chi connectivity index (χ4v) is 2.85. The molecule has 3 N–H and O–H groups in total. The lowest BCUT2D eigenvalue weighted by Gasteiger charge is -2.17. The summed E-state index contributed by atoms with van der Waals surface area (Å²) in [4.78, 5) is 15.7. The summed E-state index contributed by atoms with van der Waals surface area (Å²) < 4.78 is 6.05. The zero-order valence-corrected chi connectivity index (χ0v) is 13.7. The largest absolute Gasteiger partial charge is 0.436 e. The quantitative estimate of drug-likeness (QED) is 0.698. The molecule has 1 atom stereocenters. The molecule has 0 spiro atoms. The number of benzene rings is 2. The number of aromatic nitrogens is 1. The zero-order chi connectivity index (χ0) is 16.9. The Bertz CT molecular complexity index is 827. The van der Waals surface area contributed by atoms with Crippen LogP contribution in [0.25, 0.3) is 22.6 Å². The second kappa shape index (κ2) is 7.27. The van der Waals surface area contributed by atoms with Gasteiger partial charge in [0.05, 0.1) is 0 Å². The monoisotopic (exact) mass is 323 g/mol. The third-order valence-corrected chi connectivity index (χ3v) is 3.97. The fraction of sp³-hybridized carbons (Fsp3) is 0.263. The molecule has 0 saturated carbocycles. The maximum absolute atomic E-state index is 11.2. The van der Waals surface area contributed by atoms with E-state index < -0.39 is 0 Å². The second-order valence-corrected chi connectivity index (χ2v) is 5.70. The van der Waals surface area contributed by atoms with Gasteiger partial charge in [0.1, 0.15) is 5.52 Å². The Labute approximate surface area is 140 Å². The summed E-state index contributed by atoms with van der Waals surface area (Å²) in [5.74, 6) is 0.302. The molecule has 0 aliphatic carbocycles. The van der Waals surface area contributed by atoms with Gasteiger partial charge in [0.25, 0.3) is 0 Å². The van der Waals surface area contributed by atoms with E-state index in [9.17, 15) is 4.79 Å². The highest BCUT2D eigenvalue weighted by atomic mass is 16.3. The van der Waals surface area contributed by atoms with Crippen molar-refractivity contribution in [1.82, 2.24) is 10.3 Å². The first kappa shape index (κ1) is 16.2. The van der Waals surface area contributed by atoms with Gasteiger partial charge in [0.2, 0.25) is 11.8 Å². The van der Waals surface area contributed by atoms with Crippen LogP contribution >= 0.6 is 0 Å². The summed E-state index contributed by atoms with van der Waals surface area (Å²) >= 11 is 0. The van der Waals surface area contributed by atoms with E-state index in [1.807, 2.05) is 55.5 Å². The molecule has 24 heavy (non-hydrogen) atoms. The molecule has 3 rings (SSSR count). The number of rotatable bonds is 7. The van der Waals surface area contributed by atoms with E-state index in [1.165, 1.54) is 0 Å². The molecular formula is C19H21N3O2. The first-order chi connectivity index (χ1) is 11.7. The van der Waals surface area contributed by atoms with Crippen LogP contribution in [-0.4, -0.2) is 17.4 Å². The van der Waals surface area contributed by atoms with Crippen LogP contribution in [0.5, 0.6) is 0 Å². The maximum atomic E-state index is 11.2. The molecule has 0 aliphatic rings. The SMILES string of the molecule is CCNC(CCC(N)=O)c1cccc2nc(-c3ccccc3)oc12. The average molecular weight is 323 g/mol. The van der Waals surface area contributed by atoms with E-state index in [0.717, 1.165) is 28.8 Å². The lowest BCUT2D eigenvalue weighted by molar-refractivity contribution is -0.118. The summed E-state index contributed by atoms with van der Waals surface area (Å²) in [6.45, 7) is 2.83. The average Bonchev–Trinajstić information content (AvgIpc) is 3.03. The number of primary amides is 1. The fourth-order valence-electron chi connectivity index (χ4n) is 2.85. The number of amides is 1. The summed E-state index contributed by atoms with van der Waals surface area (Å²) in [6, 6.07) is 15.7. The van der Waals surface area contributed by atoms with E-state index in [0.29, 0.717) is 18.7 Å². The van der Waals surface area contributed by atoms with Crippen molar-refractivity contribution in [3.8, 4) is 11.5 Å². The highest BCUT2D eigenvalue weighted by molar-refractivity contribution is 5.80. The number of carbonyl (C=O) groups excluding carboxylic acids is 1. The molecule has 1 amide bonds. The van der Waals surface area contributed by atoms with Crippen molar-refractivity contribution in [2.24, 2.45) is 5.73 Å². The van der Waals surface area contributed by atoms with Crippen LogP contribution in [0.2, 0.25) is 0 Å². The smallest absolute Gasteiger partial charge is 0.227 e. The van der Waals surface area contributed by atoms with Crippen LogP contribution in [0.1, 0.15) is 31.4 Å². The molecule has 1 unspecified atom stereocenters. The minimum Gasteiger partial charge on any atom is -0.436 e. The Kier molecular flexibility index (Phi) is 4.91. The summed E-state index contributed by atoms with van der Waals surface area (Å²) in [5.41, 5.74) is 8.82. The van der Waals surface area contributed by atoms with Gasteiger partial charge >= 0.3 is 0 Å². The Balaban J connectivity index is 2.00. The van der Waals surface area contributed by atoms with E-state index in [4.69, 9.17) is 10.2 Å². The number of hydrogen-bond acceptors (Lipinski definition) is 4. The van der Waals surface area contributed by atoms with Gasteiger partial charge in [-0.3, -0.25) is 4.79 Å². The number of fused-ring (bicyclic) bond motifs is 1. The van der Waals surface area contributed by atoms with E-state index in [1.54, 1.807) is 0 Å². The normalized spacial score (nSPS) is 12.4. The molecule has 0 bridgehead atoms. The molecular weight excluding hydrogens is 302 g/mol. The topological polar surface area (TPSA) is 81.1 Å². The van der Waals surface area contributed by atoms with Crippen LogP contribution in [0, 0.1) is 0 Å². The van der Waals surface area contributed by atoms with Gasteiger partial charge in [-0.1, -0.05) is 37.3 Å². The van der Waals surface area contributed by atoms with E-state index in [-0.39, 0.29) is 11.9 Å². The number of para-hydroxylation sites is 1. The number of nitrogens with zero attached hydrogens (tertiary/aromatic N) is 1. The van der Waals surface area contributed by atoms with Crippen molar-refractivity contribution in [3.63, 3.8) is 0 Å². The Morgan fingerprint density at radius 1 is 1.21 bits per heavy atom. The van der Waals surface area contributed by atoms with Crippen molar-refractivity contribution >= 4 is 17.0 Å². The van der Waals surface area contributed by atoms with Crippen LogP contribution < -0.4 is 11.1 Å². The summed E-state index contributed by atoms with van der Waals surface area (Å²) in [7, 11) is 0. The molecule has 1 aromatic heterocycles. The number of carbonyl (C=O) groups is 1. The van der Waals surface area contributed by atoms with Crippen LogP contribution in [0.3, 0.4) is 0 Å². The Morgan fingerprint density at radius 3 is 2.71 bits per heavy atom. The molecule has 0 fully saturated rings. The molecule has 0 radical (unpaired) electrons. The second-order valence-electron chi connectivity index (χ2n) is 5.70. The molecule has 0 aliphatic heterocycles. The minimum atomic E-state index is -0.298. The third kappa shape index (κ3) is 3.46. The lowest BCUT2D eigenvalue weighted by Crippen LogP contribution is -2.23. The van der Waals surface area contributed by atoms with Gasteiger partial charge in [0, 0.05) is 23.6 Å². The summed E-state index contributed by atoms with van der Waals surface area (Å²) in [6.07, 6.45) is 0.956. The molecule has 0 saturated heterocycles. The molecule has 5 heteroatoms. The van der Waals surface area contributed by atoms with Gasteiger partial charge < -0.3 is 15.5 Å². The number of hydrogen-bond donors (Lipinski definition) is 2. The van der Waals surface area contributed by atoms with Gasteiger partial charge in [-0.2, -0.15) is 0 Å². The van der Waals surface area contributed by atoms with Gasteiger partial charge in [0.15, 0.2) is 5.58 Å². The number of nitrogens with two attached hydrogens (primary N) is 1. The van der Waals surface area contributed by atoms with Crippen molar-refractivity contribution in [2.75, 3.05) is 6.54 Å². The van der Waals surface area contributed by atoms with E-state index in [2.05, 4.69) is 10.3 Å². The van der Waals surface area contributed by atoms with Crippen molar-refractivity contribution in [2.45, 2.75) is 25.8 Å². The number of oxazole rings is 1. The van der Waals surface area contributed by atoms with Crippen molar-refractivity contribution < 1.29 is 9.21 Å². The van der Waals surface area contributed by atoms with Gasteiger partial charge in [-0.15, -0.1) is 0 Å². The zero-order valence-electron chi connectivity index (χ0n) is 13.7. The first-order valence-electron chi connectivity index (χ1n) is 8.15. The molecule has 2 aromatic carbocycles. The standard InChI is InChI=1S/C19H21N3O2/c1-2-21-15(11-12-17(20)23)14-9-6-10-16-18(14)24-19(22-16)13-7-4-3-5-8-13/h3-10,15,21H,2,11-12H2,1H3,(H2,20,23). The minimum absolute atomic E-state index is 0.00257. The maximum Gasteiger partial charge on any atom is 0.227 e. The molecule has 3 aromatic rings. The third-order valence-electron chi connectivity index (χ3n) is 3.97. The Morgan fingerprint density at radius 2 is 2.00 bits per heavy atom. The molecule has 124 valence electrons. The van der Waals surface area contributed by atoms with Crippen molar-refractivity contribution in [1.29, 1.82) is 0 Å². The lowest BCUT2D eigenvalue weighted by atomic mass is 10.0. The van der Waals surface area contributed by atoms with E-state index >= 15 is 0 Å².